The summed E-state index contributed by atoms with van der Waals surface area (Å²) in [6, 6.07) is 0. The molecule has 4 nitrogen and oxygen atoms in total. The monoisotopic (exact) mass is 280 g/mol. The molecule has 0 aliphatic carbocycles. The van der Waals surface area contributed by atoms with Crippen LogP contribution in [0.15, 0.2) is 6.20 Å². The van der Waals surface area contributed by atoms with E-state index >= 15 is 0 Å². The van der Waals surface area contributed by atoms with Crippen LogP contribution in [0.2, 0.25) is 4.47 Å². The number of hydrogen-bond donors (Lipinski definition) is 1. The number of halogens is 1. The molecule has 1 aromatic heterocycles. The standard InChI is InChI=1S/C9H13ClN2O2S2/c10-9-12-4-7(15-9)6-16(13,14)8-2-1-3-11-5-8/h4,8,11H,1-3,5-6H2. The number of rotatable bonds is 3. The molecule has 0 aromatic carbocycles. The van der Waals surface area contributed by atoms with E-state index in [1.165, 1.54) is 11.3 Å². The summed E-state index contributed by atoms with van der Waals surface area (Å²) in [6.07, 6.45) is 3.22. The second-order valence-corrected chi connectivity index (χ2v) is 7.83. The molecule has 1 atom stereocenters. The van der Waals surface area contributed by atoms with Crippen molar-refractivity contribution in [3.8, 4) is 0 Å². The SMILES string of the molecule is O=S(=O)(Cc1cnc(Cl)s1)C1CCCNC1. The second-order valence-electron chi connectivity index (χ2n) is 3.86. The highest BCUT2D eigenvalue weighted by Gasteiger charge is 2.27. The van der Waals surface area contributed by atoms with E-state index < -0.39 is 9.84 Å². The van der Waals surface area contributed by atoms with Gasteiger partial charge in [0.25, 0.3) is 0 Å². The van der Waals surface area contributed by atoms with Gasteiger partial charge in [-0.05, 0) is 19.4 Å². The number of hydrogen-bond acceptors (Lipinski definition) is 5. The minimum atomic E-state index is -3.07. The van der Waals surface area contributed by atoms with E-state index in [9.17, 15) is 8.42 Å². The van der Waals surface area contributed by atoms with Gasteiger partial charge in [-0.3, -0.25) is 0 Å². The molecule has 0 bridgehead atoms. The molecule has 1 saturated heterocycles. The average Bonchev–Trinajstić information content (AvgIpc) is 2.64. The van der Waals surface area contributed by atoms with Gasteiger partial charge in [0.2, 0.25) is 0 Å². The highest BCUT2D eigenvalue weighted by Crippen LogP contribution is 2.23. The molecule has 7 heteroatoms. The Morgan fingerprint density at radius 2 is 2.44 bits per heavy atom. The van der Waals surface area contributed by atoms with Gasteiger partial charge in [-0.15, -0.1) is 11.3 Å². The van der Waals surface area contributed by atoms with Crippen molar-refractivity contribution in [1.29, 1.82) is 0 Å². The number of nitrogens with zero attached hydrogens (tertiary/aromatic N) is 1. The van der Waals surface area contributed by atoms with Gasteiger partial charge >= 0.3 is 0 Å². The van der Waals surface area contributed by atoms with E-state index in [0.717, 1.165) is 24.3 Å². The third kappa shape index (κ3) is 2.94. The summed E-state index contributed by atoms with van der Waals surface area (Å²) >= 11 is 6.91. The molecule has 2 rings (SSSR count). The van der Waals surface area contributed by atoms with E-state index in [4.69, 9.17) is 11.6 Å². The lowest BCUT2D eigenvalue weighted by Crippen LogP contribution is -2.39. The largest absolute Gasteiger partial charge is 0.315 e. The van der Waals surface area contributed by atoms with Crippen molar-refractivity contribution >= 4 is 32.8 Å². The molecule has 0 radical (unpaired) electrons. The van der Waals surface area contributed by atoms with Crippen molar-refractivity contribution in [2.45, 2.75) is 23.8 Å². The summed E-state index contributed by atoms with van der Waals surface area (Å²) in [5, 5.41) is 2.85. The van der Waals surface area contributed by atoms with E-state index in [1.807, 2.05) is 0 Å². The molecule has 1 aliphatic heterocycles. The minimum absolute atomic E-state index is 0.0593. The van der Waals surface area contributed by atoms with Crippen LogP contribution < -0.4 is 5.32 Å². The fourth-order valence-electron chi connectivity index (χ4n) is 1.79. The fraction of sp³-hybridized carbons (Fsp3) is 0.667. The summed E-state index contributed by atoms with van der Waals surface area (Å²) in [6.45, 7) is 1.48. The highest BCUT2D eigenvalue weighted by molar-refractivity contribution is 7.91. The Kier molecular flexibility index (Phi) is 3.84. The maximum Gasteiger partial charge on any atom is 0.183 e. The Morgan fingerprint density at radius 1 is 1.62 bits per heavy atom. The second kappa shape index (κ2) is 5.00. The smallest absolute Gasteiger partial charge is 0.183 e. The summed E-state index contributed by atoms with van der Waals surface area (Å²) < 4.78 is 24.5. The van der Waals surface area contributed by atoms with Gasteiger partial charge in [0.1, 0.15) is 0 Å². The topological polar surface area (TPSA) is 59.1 Å². The molecule has 1 aliphatic rings. The van der Waals surface area contributed by atoms with Crippen molar-refractivity contribution in [3.05, 3.63) is 15.5 Å². The molecular weight excluding hydrogens is 268 g/mol. The first-order valence-corrected chi connectivity index (χ1v) is 8.01. The van der Waals surface area contributed by atoms with Crippen molar-refractivity contribution in [2.24, 2.45) is 0 Å². The Hall–Kier alpha value is -0.170. The van der Waals surface area contributed by atoms with Crippen molar-refractivity contribution in [3.63, 3.8) is 0 Å². The van der Waals surface area contributed by atoms with Crippen LogP contribution >= 0.6 is 22.9 Å². The lowest BCUT2D eigenvalue weighted by Gasteiger charge is -2.22. The molecule has 1 N–H and O–H groups in total. The Morgan fingerprint density at radius 3 is 3.00 bits per heavy atom. The first kappa shape index (κ1) is 12.3. The van der Waals surface area contributed by atoms with E-state index in [1.54, 1.807) is 6.20 Å². The zero-order valence-corrected chi connectivity index (χ0v) is 11.0. The van der Waals surface area contributed by atoms with Crippen LogP contribution in [0.3, 0.4) is 0 Å². The summed E-state index contributed by atoms with van der Waals surface area (Å²) in [5.74, 6) is 0.0593. The molecule has 0 amide bonds. The summed E-state index contributed by atoms with van der Waals surface area (Å²) in [7, 11) is -3.07. The molecule has 0 saturated carbocycles. The molecular formula is C9H13ClN2O2S2. The molecule has 1 aromatic rings. The van der Waals surface area contributed by atoms with Crippen LogP contribution in [0, 0.1) is 0 Å². The van der Waals surface area contributed by atoms with Crippen LogP contribution in [0.25, 0.3) is 0 Å². The number of thiazole rings is 1. The van der Waals surface area contributed by atoms with Gasteiger partial charge in [0.15, 0.2) is 14.3 Å². The fourth-order valence-corrected chi connectivity index (χ4v) is 4.90. The van der Waals surface area contributed by atoms with Crippen LogP contribution in [-0.4, -0.2) is 31.7 Å². The lowest BCUT2D eigenvalue weighted by molar-refractivity contribution is 0.496. The molecule has 90 valence electrons. The summed E-state index contributed by atoms with van der Waals surface area (Å²) in [4.78, 5) is 4.57. The predicted molar refractivity (Wildman–Crippen MR) is 65.6 cm³/mol. The number of aromatic nitrogens is 1. The van der Waals surface area contributed by atoms with Crippen LogP contribution in [0.4, 0.5) is 0 Å². The predicted octanol–water partition coefficient (Wildman–Crippen LogP) is 1.46. The van der Waals surface area contributed by atoms with Crippen LogP contribution in [0.1, 0.15) is 17.7 Å². The first-order valence-electron chi connectivity index (χ1n) is 5.10. The van der Waals surface area contributed by atoms with Crippen LogP contribution in [0.5, 0.6) is 0 Å². The van der Waals surface area contributed by atoms with Crippen molar-refractivity contribution in [1.82, 2.24) is 10.3 Å². The van der Waals surface area contributed by atoms with Gasteiger partial charge < -0.3 is 5.32 Å². The van der Waals surface area contributed by atoms with Gasteiger partial charge in [-0.2, -0.15) is 0 Å². The van der Waals surface area contributed by atoms with E-state index in [0.29, 0.717) is 11.0 Å². The Bertz CT molecular complexity index is 452. The zero-order valence-electron chi connectivity index (χ0n) is 8.65. The van der Waals surface area contributed by atoms with Gasteiger partial charge in [0.05, 0.1) is 11.0 Å². The number of sulfone groups is 1. The quantitative estimate of drug-likeness (QED) is 0.911. The Balaban J connectivity index is 2.07. The normalized spacial score (nSPS) is 22.2. The van der Waals surface area contributed by atoms with Gasteiger partial charge in [-0.1, -0.05) is 11.6 Å². The molecule has 0 spiro atoms. The average molecular weight is 281 g/mol. The third-order valence-corrected chi connectivity index (χ3v) is 6.06. The van der Waals surface area contributed by atoms with Crippen molar-refractivity contribution < 1.29 is 8.42 Å². The molecule has 16 heavy (non-hydrogen) atoms. The first-order chi connectivity index (χ1) is 7.58. The van der Waals surface area contributed by atoms with E-state index in [-0.39, 0.29) is 11.0 Å². The lowest BCUT2D eigenvalue weighted by atomic mass is 10.2. The minimum Gasteiger partial charge on any atom is -0.315 e. The molecule has 1 fully saturated rings. The maximum absolute atomic E-state index is 12.1. The van der Waals surface area contributed by atoms with Crippen LogP contribution in [-0.2, 0) is 15.6 Å². The zero-order chi connectivity index (χ0) is 11.6. The number of piperidine rings is 1. The third-order valence-electron chi connectivity index (χ3n) is 2.63. The van der Waals surface area contributed by atoms with Crippen molar-refractivity contribution in [2.75, 3.05) is 13.1 Å². The molecule has 1 unspecified atom stereocenters. The van der Waals surface area contributed by atoms with Gasteiger partial charge in [0, 0.05) is 17.6 Å². The maximum atomic E-state index is 12.1. The van der Waals surface area contributed by atoms with E-state index in [2.05, 4.69) is 10.3 Å². The summed E-state index contributed by atoms with van der Waals surface area (Å²) in [5.41, 5.74) is 0. The highest BCUT2D eigenvalue weighted by atomic mass is 35.5. The Labute approximate surface area is 104 Å². The molecule has 2 heterocycles. The van der Waals surface area contributed by atoms with Gasteiger partial charge in [-0.25, -0.2) is 13.4 Å². The number of nitrogens with one attached hydrogen (secondary N) is 1.